The minimum Gasteiger partial charge on any atom is -0.345 e. The molecule has 2 rings (SSSR count). The van der Waals surface area contributed by atoms with Gasteiger partial charge in [-0.25, -0.2) is 0 Å². The highest BCUT2D eigenvalue weighted by Crippen LogP contribution is 2.28. The van der Waals surface area contributed by atoms with Gasteiger partial charge < -0.3 is 15.5 Å². The zero-order valence-electron chi connectivity index (χ0n) is 15.5. The third-order valence-corrected chi connectivity index (χ3v) is 4.82. The maximum atomic E-state index is 12.9. The number of likely N-dealkylation sites (N-methyl/N-ethyl adjacent to an activating group) is 1. The van der Waals surface area contributed by atoms with E-state index in [0.717, 1.165) is 31.2 Å². The largest absolute Gasteiger partial charge is 0.345 e. The first-order chi connectivity index (χ1) is 11.4. The van der Waals surface area contributed by atoms with Crippen molar-refractivity contribution in [3.8, 4) is 0 Å². The molecule has 1 aliphatic rings. The Hall–Kier alpha value is -1.59. The van der Waals surface area contributed by atoms with Gasteiger partial charge in [0, 0.05) is 32.7 Å². The summed E-state index contributed by atoms with van der Waals surface area (Å²) in [5.74, 6) is 0.0336. The van der Waals surface area contributed by atoms with Crippen LogP contribution in [-0.4, -0.2) is 47.8 Å². The quantitative estimate of drug-likeness (QED) is 0.870. The maximum Gasteiger partial charge on any atom is 0.253 e. The number of halogens is 1. The molecular weight excluding hydrogens is 338 g/mol. The molecule has 5 nitrogen and oxygen atoms in total. The lowest BCUT2D eigenvalue weighted by atomic mass is 9.81. The summed E-state index contributed by atoms with van der Waals surface area (Å²) >= 11 is 0. The lowest BCUT2D eigenvalue weighted by Gasteiger charge is -2.36. The van der Waals surface area contributed by atoms with Gasteiger partial charge in [0.2, 0.25) is 5.91 Å². The van der Waals surface area contributed by atoms with Crippen molar-refractivity contribution < 1.29 is 9.59 Å². The molecule has 0 radical (unpaired) electrons. The molecule has 2 amide bonds. The highest BCUT2D eigenvalue weighted by molar-refractivity contribution is 5.93. The number of nitrogens with zero attached hydrogens (tertiary/aromatic N) is 2. The average molecular weight is 368 g/mol. The topological polar surface area (TPSA) is 66.6 Å². The van der Waals surface area contributed by atoms with E-state index in [1.807, 2.05) is 36.1 Å². The SMILES string of the molecule is CCN(Cc1ccc(C(=O)N(C)C)cc1)C(=O)C1(N)CCCCC1.Cl. The number of amides is 2. The average Bonchev–Trinajstić information content (AvgIpc) is 2.59. The van der Waals surface area contributed by atoms with Gasteiger partial charge in [-0.05, 0) is 37.5 Å². The van der Waals surface area contributed by atoms with E-state index in [1.54, 1.807) is 19.0 Å². The van der Waals surface area contributed by atoms with Crippen molar-refractivity contribution >= 4 is 24.2 Å². The fraction of sp³-hybridized carbons (Fsp3) is 0.579. The van der Waals surface area contributed by atoms with Crippen molar-refractivity contribution in [3.63, 3.8) is 0 Å². The molecule has 1 aliphatic carbocycles. The Balaban J connectivity index is 0.00000312. The zero-order valence-corrected chi connectivity index (χ0v) is 16.3. The molecule has 1 aromatic rings. The van der Waals surface area contributed by atoms with Crippen LogP contribution in [0.4, 0.5) is 0 Å². The molecule has 6 heteroatoms. The Morgan fingerprint density at radius 3 is 2.12 bits per heavy atom. The van der Waals surface area contributed by atoms with Crippen LogP contribution in [0.2, 0.25) is 0 Å². The molecule has 1 fully saturated rings. The van der Waals surface area contributed by atoms with Gasteiger partial charge in [-0.2, -0.15) is 0 Å². The second kappa shape index (κ2) is 9.20. The van der Waals surface area contributed by atoms with E-state index in [9.17, 15) is 9.59 Å². The van der Waals surface area contributed by atoms with E-state index in [-0.39, 0.29) is 24.2 Å². The van der Waals surface area contributed by atoms with Gasteiger partial charge in [0.1, 0.15) is 0 Å². The third kappa shape index (κ3) is 5.19. The lowest BCUT2D eigenvalue weighted by Crippen LogP contribution is -2.56. The van der Waals surface area contributed by atoms with Crippen LogP contribution in [0.3, 0.4) is 0 Å². The van der Waals surface area contributed by atoms with Crippen molar-refractivity contribution in [2.24, 2.45) is 5.73 Å². The summed E-state index contributed by atoms with van der Waals surface area (Å²) in [5.41, 5.74) is 7.36. The van der Waals surface area contributed by atoms with Gasteiger partial charge in [0.05, 0.1) is 5.54 Å². The highest BCUT2D eigenvalue weighted by Gasteiger charge is 2.37. The Morgan fingerprint density at radius 2 is 1.64 bits per heavy atom. The molecule has 1 saturated carbocycles. The molecule has 1 aromatic carbocycles. The predicted octanol–water partition coefficient (Wildman–Crippen LogP) is 2.82. The molecule has 25 heavy (non-hydrogen) atoms. The van der Waals surface area contributed by atoms with Crippen LogP contribution in [-0.2, 0) is 11.3 Å². The van der Waals surface area contributed by atoms with Gasteiger partial charge >= 0.3 is 0 Å². The fourth-order valence-electron chi connectivity index (χ4n) is 3.27. The van der Waals surface area contributed by atoms with Crippen molar-refractivity contribution in [3.05, 3.63) is 35.4 Å². The number of benzene rings is 1. The van der Waals surface area contributed by atoms with E-state index in [4.69, 9.17) is 5.73 Å². The number of hydrogen-bond donors (Lipinski definition) is 1. The maximum absolute atomic E-state index is 12.9. The van der Waals surface area contributed by atoms with E-state index >= 15 is 0 Å². The molecule has 0 aliphatic heterocycles. The van der Waals surface area contributed by atoms with Crippen LogP contribution in [0.15, 0.2) is 24.3 Å². The lowest BCUT2D eigenvalue weighted by molar-refractivity contribution is -0.138. The number of carbonyl (C=O) groups excluding carboxylic acids is 2. The third-order valence-electron chi connectivity index (χ3n) is 4.82. The molecule has 0 spiro atoms. The Labute approximate surface area is 157 Å². The van der Waals surface area contributed by atoms with Crippen LogP contribution in [0.25, 0.3) is 0 Å². The van der Waals surface area contributed by atoms with E-state index in [1.165, 1.54) is 6.42 Å². The first kappa shape index (κ1) is 21.5. The van der Waals surface area contributed by atoms with E-state index < -0.39 is 5.54 Å². The van der Waals surface area contributed by atoms with Crippen LogP contribution in [0, 0.1) is 0 Å². The normalized spacial score (nSPS) is 15.8. The number of rotatable bonds is 5. The predicted molar refractivity (Wildman–Crippen MR) is 103 cm³/mol. The van der Waals surface area contributed by atoms with E-state index in [0.29, 0.717) is 18.7 Å². The van der Waals surface area contributed by atoms with Gasteiger partial charge in [-0.15, -0.1) is 12.4 Å². The summed E-state index contributed by atoms with van der Waals surface area (Å²) in [6, 6.07) is 7.46. The summed E-state index contributed by atoms with van der Waals surface area (Å²) in [6.45, 7) is 3.15. The monoisotopic (exact) mass is 367 g/mol. The summed E-state index contributed by atoms with van der Waals surface area (Å²) in [4.78, 5) is 28.2. The Morgan fingerprint density at radius 1 is 1.08 bits per heavy atom. The first-order valence-electron chi connectivity index (χ1n) is 8.76. The summed E-state index contributed by atoms with van der Waals surface area (Å²) < 4.78 is 0. The number of carbonyl (C=O) groups is 2. The highest BCUT2D eigenvalue weighted by atomic mass is 35.5. The zero-order chi connectivity index (χ0) is 17.7. The molecule has 0 saturated heterocycles. The smallest absolute Gasteiger partial charge is 0.253 e. The standard InChI is InChI=1S/C19H29N3O2.ClH/c1-4-22(18(24)19(20)12-6-5-7-13-19)14-15-8-10-16(11-9-15)17(23)21(2)3;/h8-11H,4-7,12-14,20H2,1-3H3;1H. The Bertz CT molecular complexity index is 581. The van der Waals surface area contributed by atoms with E-state index in [2.05, 4.69) is 0 Å². The summed E-state index contributed by atoms with van der Waals surface area (Å²) in [7, 11) is 3.47. The van der Waals surface area contributed by atoms with Crippen molar-refractivity contribution in [1.29, 1.82) is 0 Å². The molecule has 0 aromatic heterocycles. The van der Waals surface area contributed by atoms with Gasteiger partial charge in [0.15, 0.2) is 0 Å². The molecule has 0 unspecified atom stereocenters. The van der Waals surface area contributed by atoms with Gasteiger partial charge in [-0.1, -0.05) is 31.4 Å². The van der Waals surface area contributed by atoms with Crippen molar-refractivity contribution in [1.82, 2.24) is 9.80 Å². The minimum absolute atomic E-state index is 0. The first-order valence-corrected chi connectivity index (χ1v) is 8.76. The Kier molecular flexibility index (Phi) is 7.90. The second-order valence-electron chi connectivity index (χ2n) is 6.93. The second-order valence-corrected chi connectivity index (χ2v) is 6.93. The molecule has 0 heterocycles. The minimum atomic E-state index is -0.699. The van der Waals surface area contributed by atoms with Gasteiger partial charge in [0.25, 0.3) is 5.91 Å². The van der Waals surface area contributed by atoms with Gasteiger partial charge in [-0.3, -0.25) is 9.59 Å². The molecule has 2 N–H and O–H groups in total. The van der Waals surface area contributed by atoms with Crippen LogP contribution in [0.5, 0.6) is 0 Å². The molecule has 0 atom stereocenters. The van der Waals surface area contributed by atoms with Crippen LogP contribution < -0.4 is 5.73 Å². The van der Waals surface area contributed by atoms with Crippen LogP contribution in [0.1, 0.15) is 54.9 Å². The fourth-order valence-corrected chi connectivity index (χ4v) is 3.27. The van der Waals surface area contributed by atoms with Crippen molar-refractivity contribution in [2.45, 2.75) is 51.1 Å². The van der Waals surface area contributed by atoms with Crippen molar-refractivity contribution in [2.75, 3.05) is 20.6 Å². The number of hydrogen-bond acceptors (Lipinski definition) is 3. The van der Waals surface area contributed by atoms with Crippen LogP contribution >= 0.6 is 12.4 Å². The number of nitrogens with two attached hydrogens (primary N) is 1. The summed E-state index contributed by atoms with van der Waals surface area (Å²) in [5, 5.41) is 0. The molecular formula is C19H30ClN3O2. The molecule has 140 valence electrons. The molecule has 0 bridgehead atoms. The summed E-state index contributed by atoms with van der Waals surface area (Å²) in [6.07, 6.45) is 4.78.